The number of hydrogen-bond acceptors (Lipinski definition) is 4. The maximum Gasteiger partial charge on any atom is 0.175 e. The second-order valence-electron chi connectivity index (χ2n) is 3.85. The first-order valence-electron chi connectivity index (χ1n) is 5.22. The summed E-state index contributed by atoms with van der Waals surface area (Å²) in [6.45, 7) is 0.289. The first kappa shape index (κ1) is 12.6. The van der Waals surface area contributed by atoms with Crippen molar-refractivity contribution in [2.45, 2.75) is 11.4 Å². The van der Waals surface area contributed by atoms with Crippen LogP contribution in [-0.2, 0) is 16.4 Å². The third-order valence-electron chi connectivity index (χ3n) is 2.40. The van der Waals surface area contributed by atoms with Crippen molar-refractivity contribution < 1.29 is 17.2 Å². The van der Waals surface area contributed by atoms with E-state index in [-0.39, 0.29) is 17.1 Å². The first-order chi connectivity index (χ1) is 8.47. The molecule has 1 N–H and O–H groups in total. The van der Waals surface area contributed by atoms with Crippen molar-refractivity contribution in [3.05, 3.63) is 48.2 Å². The first-order valence-corrected chi connectivity index (χ1v) is 7.12. The van der Waals surface area contributed by atoms with Gasteiger partial charge in [0.25, 0.3) is 0 Å². The molecule has 2 rings (SSSR count). The molecular formula is C12H12FNO3S. The Labute approximate surface area is 104 Å². The summed E-state index contributed by atoms with van der Waals surface area (Å²) in [5, 5.41) is 2.79. The molecule has 0 aliphatic rings. The van der Waals surface area contributed by atoms with E-state index in [9.17, 15) is 12.8 Å². The van der Waals surface area contributed by atoms with Gasteiger partial charge in [-0.3, -0.25) is 0 Å². The molecule has 1 heterocycles. The lowest BCUT2D eigenvalue weighted by Crippen LogP contribution is -2.03. The van der Waals surface area contributed by atoms with Crippen molar-refractivity contribution in [1.29, 1.82) is 0 Å². The molecule has 0 radical (unpaired) electrons. The number of hydrogen-bond donors (Lipinski definition) is 1. The summed E-state index contributed by atoms with van der Waals surface area (Å²) < 4.78 is 41.3. The monoisotopic (exact) mass is 269 g/mol. The van der Waals surface area contributed by atoms with Gasteiger partial charge in [0.1, 0.15) is 11.6 Å². The van der Waals surface area contributed by atoms with Crippen LogP contribution in [0.25, 0.3) is 0 Å². The molecule has 1 aromatic carbocycles. The van der Waals surface area contributed by atoms with Gasteiger partial charge in [-0.25, -0.2) is 12.8 Å². The highest BCUT2D eigenvalue weighted by Gasteiger charge is 2.11. The summed E-state index contributed by atoms with van der Waals surface area (Å²) >= 11 is 0. The number of nitrogens with one attached hydrogen (secondary N) is 1. The lowest BCUT2D eigenvalue weighted by Gasteiger charge is -2.07. The molecule has 0 aliphatic carbocycles. The fourth-order valence-electron chi connectivity index (χ4n) is 1.47. The zero-order valence-corrected chi connectivity index (χ0v) is 10.5. The maximum absolute atomic E-state index is 13.5. The average Bonchev–Trinajstić information content (AvgIpc) is 2.79. The number of halogens is 1. The molecule has 0 unspecified atom stereocenters. The molecule has 96 valence electrons. The van der Waals surface area contributed by atoms with Gasteiger partial charge in [-0.15, -0.1) is 0 Å². The van der Waals surface area contributed by atoms with Crippen LogP contribution in [0.1, 0.15) is 5.76 Å². The van der Waals surface area contributed by atoms with Crippen LogP contribution in [0.2, 0.25) is 0 Å². The van der Waals surface area contributed by atoms with Gasteiger partial charge in [0.05, 0.1) is 23.4 Å². The molecule has 18 heavy (non-hydrogen) atoms. The molecule has 0 saturated heterocycles. The number of sulfone groups is 1. The van der Waals surface area contributed by atoms with Gasteiger partial charge in [-0.1, -0.05) is 0 Å². The zero-order chi connectivity index (χ0) is 13.2. The molecular weight excluding hydrogens is 257 g/mol. The van der Waals surface area contributed by atoms with Gasteiger partial charge in [0, 0.05) is 6.26 Å². The van der Waals surface area contributed by atoms with Gasteiger partial charge in [0.2, 0.25) is 0 Å². The standard InChI is InChI=1S/C12H12FNO3S/c1-18(15,16)10-4-5-11(13)12(7-10)14-8-9-3-2-6-17-9/h2-7,14H,8H2,1H3. The van der Waals surface area contributed by atoms with Crippen LogP contribution in [0.15, 0.2) is 45.9 Å². The predicted octanol–water partition coefficient (Wildman–Crippen LogP) is 2.43. The number of furan rings is 1. The van der Waals surface area contributed by atoms with E-state index in [1.165, 1.54) is 18.4 Å². The van der Waals surface area contributed by atoms with Crippen molar-refractivity contribution >= 4 is 15.5 Å². The molecule has 0 fully saturated rings. The highest BCUT2D eigenvalue weighted by molar-refractivity contribution is 7.90. The third kappa shape index (κ3) is 2.89. The summed E-state index contributed by atoms with van der Waals surface area (Å²) in [6.07, 6.45) is 2.59. The van der Waals surface area contributed by atoms with Gasteiger partial charge < -0.3 is 9.73 Å². The Morgan fingerprint density at radius 3 is 2.72 bits per heavy atom. The van der Waals surface area contributed by atoms with Gasteiger partial charge in [0.15, 0.2) is 9.84 Å². The molecule has 0 spiro atoms. The van der Waals surface area contributed by atoms with E-state index in [0.29, 0.717) is 5.76 Å². The third-order valence-corrected chi connectivity index (χ3v) is 3.51. The maximum atomic E-state index is 13.5. The molecule has 6 heteroatoms. The van der Waals surface area contributed by atoms with Crippen molar-refractivity contribution in [3.63, 3.8) is 0 Å². The van der Waals surface area contributed by atoms with Gasteiger partial charge in [-0.2, -0.15) is 0 Å². The molecule has 0 atom stereocenters. The Hall–Kier alpha value is -1.82. The van der Waals surface area contributed by atoms with Crippen LogP contribution in [0, 0.1) is 5.82 Å². The second-order valence-corrected chi connectivity index (χ2v) is 5.86. The van der Waals surface area contributed by atoms with Crippen molar-refractivity contribution in [3.8, 4) is 0 Å². The Balaban J connectivity index is 2.22. The van der Waals surface area contributed by atoms with E-state index in [1.54, 1.807) is 12.1 Å². The minimum Gasteiger partial charge on any atom is -0.467 e. The normalized spacial score (nSPS) is 11.4. The molecule has 0 aliphatic heterocycles. The summed E-state index contributed by atoms with van der Waals surface area (Å²) in [5.41, 5.74) is 0.134. The molecule has 0 bridgehead atoms. The Morgan fingerprint density at radius 1 is 1.33 bits per heavy atom. The second kappa shape index (κ2) is 4.81. The number of anilines is 1. The largest absolute Gasteiger partial charge is 0.467 e. The van der Waals surface area contributed by atoms with E-state index < -0.39 is 15.7 Å². The summed E-state index contributed by atoms with van der Waals surface area (Å²) in [4.78, 5) is 0.0749. The van der Waals surface area contributed by atoms with Crippen LogP contribution < -0.4 is 5.32 Å². The van der Waals surface area contributed by atoms with Gasteiger partial charge in [-0.05, 0) is 30.3 Å². The molecule has 4 nitrogen and oxygen atoms in total. The highest BCUT2D eigenvalue weighted by atomic mass is 32.2. The van der Waals surface area contributed by atoms with Crippen LogP contribution in [0.4, 0.5) is 10.1 Å². The fourth-order valence-corrected chi connectivity index (χ4v) is 2.11. The Kier molecular flexibility index (Phi) is 3.38. The van der Waals surface area contributed by atoms with E-state index in [1.807, 2.05) is 0 Å². The summed E-state index contributed by atoms with van der Waals surface area (Å²) in [6, 6.07) is 7.10. The number of rotatable bonds is 4. The summed E-state index contributed by atoms with van der Waals surface area (Å²) in [5.74, 6) is 0.133. The van der Waals surface area contributed by atoms with Crippen molar-refractivity contribution in [2.24, 2.45) is 0 Å². The smallest absolute Gasteiger partial charge is 0.175 e. The van der Waals surface area contributed by atoms with Crippen LogP contribution >= 0.6 is 0 Å². The van der Waals surface area contributed by atoms with Crippen molar-refractivity contribution in [1.82, 2.24) is 0 Å². The van der Waals surface area contributed by atoms with Crippen LogP contribution in [0.5, 0.6) is 0 Å². The molecule has 0 amide bonds. The summed E-state index contributed by atoms with van der Waals surface area (Å²) in [7, 11) is -3.34. The van der Waals surface area contributed by atoms with Gasteiger partial charge >= 0.3 is 0 Å². The van der Waals surface area contributed by atoms with E-state index in [4.69, 9.17) is 4.42 Å². The average molecular weight is 269 g/mol. The van der Waals surface area contributed by atoms with Crippen molar-refractivity contribution in [2.75, 3.05) is 11.6 Å². The minimum absolute atomic E-state index is 0.0749. The SMILES string of the molecule is CS(=O)(=O)c1ccc(F)c(NCc2ccco2)c1. The topological polar surface area (TPSA) is 59.3 Å². The van der Waals surface area contributed by atoms with E-state index in [2.05, 4.69) is 5.32 Å². The van der Waals surface area contributed by atoms with E-state index in [0.717, 1.165) is 12.3 Å². The quantitative estimate of drug-likeness (QED) is 0.866. The zero-order valence-electron chi connectivity index (χ0n) is 9.68. The fraction of sp³-hybridized carbons (Fsp3) is 0.167. The Bertz CT molecular complexity index is 635. The Morgan fingerprint density at radius 2 is 2.11 bits per heavy atom. The highest BCUT2D eigenvalue weighted by Crippen LogP contribution is 2.20. The van der Waals surface area contributed by atoms with Crippen LogP contribution in [0.3, 0.4) is 0 Å². The van der Waals surface area contributed by atoms with Crippen LogP contribution in [-0.4, -0.2) is 14.7 Å². The molecule has 1 aromatic heterocycles. The molecule has 2 aromatic rings. The number of benzene rings is 1. The minimum atomic E-state index is -3.34. The molecule has 0 saturated carbocycles. The predicted molar refractivity (Wildman–Crippen MR) is 65.5 cm³/mol. The van der Waals surface area contributed by atoms with E-state index >= 15 is 0 Å². The lowest BCUT2D eigenvalue weighted by molar-refractivity contribution is 0.517. The lowest BCUT2D eigenvalue weighted by atomic mass is 10.3.